The van der Waals surface area contributed by atoms with Crippen LogP contribution in [0.3, 0.4) is 0 Å². The van der Waals surface area contributed by atoms with Crippen LogP contribution in [0.2, 0.25) is 0 Å². The minimum absolute atomic E-state index is 0.0622. The van der Waals surface area contributed by atoms with E-state index in [1.165, 1.54) is 6.92 Å². The molecule has 0 heterocycles. The van der Waals surface area contributed by atoms with E-state index in [1.54, 1.807) is 5.32 Å². The van der Waals surface area contributed by atoms with Crippen LogP contribution in [-0.4, -0.2) is 37.1 Å². The first-order valence-corrected chi connectivity index (χ1v) is 4.20. The Labute approximate surface area is 84.8 Å². The number of hydrogen-bond acceptors (Lipinski definition) is 3. The largest absolute Gasteiger partial charge is 0.459 e. The number of rotatable bonds is 4. The van der Waals surface area contributed by atoms with Crippen LogP contribution in [-0.2, 0) is 14.3 Å². The van der Waals surface area contributed by atoms with Gasteiger partial charge in [-0.1, -0.05) is 0 Å². The van der Waals surface area contributed by atoms with Crippen LogP contribution < -0.4 is 5.32 Å². The number of hydrogen-bond donors (Lipinski definition) is 1. The Bertz CT molecular complexity index is 247. The van der Waals surface area contributed by atoms with Crippen molar-refractivity contribution in [3.63, 3.8) is 0 Å². The van der Waals surface area contributed by atoms with Gasteiger partial charge in [0, 0.05) is 0 Å². The standard InChI is InChI=1S/C8H12F3NO3/c1-3-15-6(14)5(13)12-8(2,4-9)7(10)11/h7H,3-4H2,1-2H3,(H,12,13). The van der Waals surface area contributed by atoms with Gasteiger partial charge in [-0.2, -0.15) is 0 Å². The lowest BCUT2D eigenvalue weighted by molar-refractivity contribution is -0.156. The number of esters is 1. The van der Waals surface area contributed by atoms with Gasteiger partial charge in [0.2, 0.25) is 0 Å². The van der Waals surface area contributed by atoms with Crippen molar-refractivity contribution in [1.29, 1.82) is 0 Å². The lowest BCUT2D eigenvalue weighted by Crippen LogP contribution is -2.55. The Morgan fingerprint density at radius 2 is 2.00 bits per heavy atom. The van der Waals surface area contributed by atoms with E-state index in [2.05, 4.69) is 4.74 Å². The second-order valence-electron chi connectivity index (χ2n) is 3.03. The van der Waals surface area contributed by atoms with Gasteiger partial charge in [-0.3, -0.25) is 4.79 Å². The summed E-state index contributed by atoms with van der Waals surface area (Å²) in [7, 11) is 0. The van der Waals surface area contributed by atoms with Crippen molar-refractivity contribution >= 4 is 11.9 Å². The van der Waals surface area contributed by atoms with Crippen LogP contribution in [0, 0.1) is 0 Å². The van der Waals surface area contributed by atoms with E-state index in [0.717, 1.165) is 6.92 Å². The summed E-state index contributed by atoms with van der Waals surface area (Å²) in [4.78, 5) is 21.7. The van der Waals surface area contributed by atoms with Gasteiger partial charge >= 0.3 is 11.9 Å². The molecule has 1 unspecified atom stereocenters. The maximum atomic E-state index is 12.3. The van der Waals surface area contributed by atoms with Crippen molar-refractivity contribution in [2.45, 2.75) is 25.8 Å². The number of ether oxygens (including phenoxy) is 1. The summed E-state index contributed by atoms with van der Waals surface area (Å²) in [6, 6.07) is 0. The molecule has 0 fully saturated rings. The molecular weight excluding hydrogens is 215 g/mol. The minimum atomic E-state index is -3.11. The number of carbonyl (C=O) groups is 2. The molecule has 0 bridgehead atoms. The fourth-order valence-corrected chi connectivity index (χ4v) is 0.653. The van der Waals surface area contributed by atoms with Crippen LogP contribution in [0.15, 0.2) is 0 Å². The zero-order valence-electron chi connectivity index (χ0n) is 8.35. The molecule has 0 rings (SSSR count). The van der Waals surface area contributed by atoms with Crippen LogP contribution in [0.4, 0.5) is 13.2 Å². The quantitative estimate of drug-likeness (QED) is 0.567. The summed E-state index contributed by atoms with van der Waals surface area (Å²) in [5.74, 6) is -2.69. The zero-order valence-corrected chi connectivity index (χ0v) is 8.35. The molecule has 88 valence electrons. The second-order valence-corrected chi connectivity index (χ2v) is 3.03. The third-order valence-electron chi connectivity index (χ3n) is 1.62. The summed E-state index contributed by atoms with van der Waals surface area (Å²) < 4.78 is 41.1. The molecule has 1 N–H and O–H groups in total. The minimum Gasteiger partial charge on any atom is -0.459 e. The molecule has 0 aromatic rings. The maximum Gasteiger partial charge on any atom is 0.396 e. The fourth-order valence-electron chi connectivity index (χ4n) is 0.653. The molecule has 0 aliphatic carbocycles. The summed E-state index contributed by atoms with van der Waals surface area (Å²) in [5, 5.41) is 1.59. The molecule has 7 heteroatoms. The van der Waals surface area contributed by atoms with Crippen molar-refractivity contribution in [2.75, 3.05) is 13.3 Å². The van der Waals surface area contributed by atoms with Crippen LogP contribution in [0.5, 0.6) is 0 Å². The molecule has 1 atom stereocenters. The lowest BCUT2D eigenvalue weighted by Gasteiger charge is -2.25. The van der Waals surface area contributed by atoms with Crippen LogP contribution in [0.1, 0.15) is 13.8 Å². The van der Waals surface area contributed by atoms with E-state index in [9.17, 15) is 22.8 Å². The molecule has 1 amide bonds. The predicted octanol–water partition coefficient (Wildman–Crippen LogP) is 0.659. The van der Waals surface area contributed by atoms with Gasteiger partial charge in [-0.05, 0) is 13.8 Å². The van der Waals surface area contributed by atoms with Gasteiger partial charge in [0.25, 0.3) is 6.43 Å². The van der Waals surface area contributed by atoms with Gasteiger partial charge in [0.05, 0.1) is 6.61 Å². The third kappa shape index (κ3) is 3.77. The highest BCUT2D eigenvalue weighted by Gasteiger charge is 2.38. The topological polar surface area (TPSA) is 55.4 Å². The van der Waals surface area contributed by atoms with E-state index in [-0.39, 0.29) is 6.61 Å². The second kappa shape index (κ2) is 5.57. The van der Waals surface area contributed by atoms with Crippen molar-refractivity contribution in [2.24, 2.45) is 0 Å². The highest BCUT2D eigenvalue weighted by molar-refractivity contribution is 6.32. The Morgan fingerprint density at radius 1 is 1.47 bits per heavy atom. The average Bonchev–Trinajstić information content (AvgIpc) is 2.17. The molecule has 0 aromatic carbocycles. The Kier molecular flexibility index (Phi) is 5.10. The number of carbonyl (C=O) groups excluding carboxylic acids is 2. The molecule has 0 saturated heterocycles. The molecule has 15 heavy (non-hydrogen) atoms. The monoisotopic (exact) mass is 227 g/mol. The summed E-state index contributed by atoms with van der Waals surface area (Å²) >= 11 is 0. The van der Waals surface area contributed by atoms with E-state index in [1.807, 2.05) is 0 Å². The van der Waals surface area contributed by atoms with Gasteiger partial charge in [0.15, 0.2) is 0 Å². The predicted molar refractivity (Wildman–Crippen MR) is 45.2 cm³/mol. The van der Waals surface area contributed by atoms with Crippen molar-refractivity contribution < 1.29 is 27.5 Å². The van der Waals surface area contributed by atoms with Crippen LogP contribution >= 0.6 is 0 Å². The smallest absolute Gasteiger partial charge is 0.396 e. The van der Waals surface area contributed by atoms with Crippen molar-refractivity contribution in [1.82, 2.24) is 5.32 Å². The third-order valence-corrected chi connectivity index (χ3v) is 1.62. The summed E-state index contributed by atoms with van der Waals surface area (Å²) in [6.45, 7) is 0.713. The molecular formula is C8H12F3NO3. The molecule has 0 saturated carbocycles. The fraction of sp³-hybridized carbons (Fsp3) is 0.750. The summed E-state index contributed by atoms with van der Waals surface area (Å²) in [6.07, 6.45) is -3.11. The first-order valence-electron chi connectivity index (χ1n) is 4.20. The highest BCUT2D eigenvalue weighted by Crippen LogP contribution is 2.15. The number of amides is 1. The van der Waals surface area contributed by atoms with Gasteiger partial charge in [-0.15, -0.1) is 0 Å². The Balaban J connectivity index is 4.43. The van der Waals surface area contributed by atoms with Crippen molar-refractivity contribution in [3.05, 3.63) is 0 Å². The van der Waals surface area contributed by atoms with E-state index < -0.39 is 30.5 Å². The normalized spacial score (nSPS) is 14.5. The SMILES string of the molecule is CCOC(=O)C(=O)NC(C)(CF)C(F)F. The lowest BCUT2D eigenvalue weighted by atomic mass is 10.1. The van der Waals surface area contributed by atoms with E-state index >= 15 is 0 Å². The molecule has 0 radical (unpaired) electrons. The zero-order chi connectivity index (χ0) is 12.1. The molecule has 0 aliphatic rings. The average molecular weight is 227 g/mol. The van der Waals surface area contributed by atoms with E-state index in [0.29, 0.717) is 0 Å². The van der Waals surface area contributed by atoms with E-state index in [4.69, 9.17) is 0 Å². The van der Waals surface area contributed by atoms with Crippen LogP contribution in [0.25, 0.3) is 0 Å². The summed E-state index contributed by atoms with van der Waals surface area (Å²) in [5.41, 5.74) is -2.36. The molecule has 0 aromatic heterocycles. The first kappa shape index (κ1) is 13.7. The highest BCUT2D eigenvalue weighted by atomic mass is 19.3. The van der Waals surface area contributed by atoms with Gasteiger partial charge in [0.1, 0.15) is 12.2 Å². The maximum absolute atomic E-state index is 12.3. The Hall–Kier alpha value is -1.27. The molecule has 0 aliphatic heterocycles. The number of alkyl halides is 3. The number of halogens is 3. The van der Waals surface area contributed by atoms with Gasteiger partial charge in [-0.25, -0.2) is 18.0 Å². The number of nitrogens with one attached hydrogen (secondary N) is 1. The first-order chi connectivity index (χ1) is 6.87. The molecule has 4 nitrogen and oxygen atoms in total. The Morgan fingerprint density at radius 3 is 2.33 bits per heavy atom. The molecule has 0 spiro atoms. The van der Waals surface area contributed by atoms with Crippen molar-refractivity contribution in [3.8, 4) is 0 Å². The van der Waals surface area contributed by atoms with Gasteiger partial charge < -0.3 is 10.1 Å².